The number of phenols is 1. The molecule has 14 nitrogen and oxygen atoms in total. The fourth-order valence-electron chi connectivity index (χ4n) is 17.8. The second-order valence-electron chi connectivity index (χ2n) is 27.3. The number of aryl methyl sites for hydroxylation is 1. The number of allylic oxidation sites excluding steroid dienone is 1. The van der Waals surface area contributed by atoms with E-state index in [1.807, 2.05) is 42.6 Å². The molecule has 16 heteroatoms. The number of fused-ring (bicyclic) bond motifs is 9. The molecule has 6 aromatic rings. The Morgan fingerprint density at radius 2 is 1.73 bits per heavy atom. The van der Waals surface area contributed by atoms with Crippen LogP contribution in [0.1, 0.15) is 175 Å². The number of rotatable bonds is 11. The number of guanidine groups is 1. The molecule has 4 aliphatic carbocycles. The van der Waals surface area contributed by atoms with Gasteiger partial charge in [0.15, 0.2) is 5.96 Å². The van der Waals surface area contributed by atoms with Crippen LogP contribution in [0.3, 0.4) is 0 Å². The van der Waals surface area contributed by atoms with Crippen LogP contribution in [0.25, 0.3) is 0 Å². The van der Waals surface area contributed by atoms with Crippen molar-refractivity contribution in [2.24, 2.45) is 46.0 Å². The summed E-state index contributed by atoms with van der Waals surface area (Å²) in [5.74, 6) is 5.94. The van der Waals surface area contributed by atoms with Crippen LogP contribution in [0, 0.1) is 41.4 Å². The molecular formula is C73H83N6NaO8S. The number of aromatic amines is 1. The second-order valence-corrected chi connectivity index (χ2v) is 28.9. The third kappa shape index (κ3) is 12.3. The van der Waals surface area contributed by atoms with E-state index in [1.54, 1.807) is 12.1 Å². The van der Waals surface area contributed by atoms with E-state index < -0.39 is 50.6 Å². The molecule has 0 spiro atoms. The summed E-state index contributed by atoms with van der Waals surface area (Å²) in [7, 11) is -4.96. The van der Waals surface area contributed by atoms with E-state index in [1.165, 1.54) is 22.3 Å². The second kappa shape index (κ2) is 25.3. The molecule has 5 aromatic carbocycles. The molecule has 2 fully saturated rings. The predicted molar refractivity (Wildman–Crippen MR) is 341 cm³/mol. The first-order valence-electron chi connectivity index (χ1n) is 32.4. The molecule has 1 aromatic heterocycles. The van der Waals surface area contributed by atoms with Gasteiger partial charge in [-0.05, 0) is 230 Å². The molecule has 460 valence electrons. The van der Waals surface area contributed by atoms with Crippen LogP contribution in [-0.4, -0.2) is 75.4 Å². The number of phenolic OH excluding ortho intramolecular Hbond substituents is 1. The van der Waals surface area contributed by atoms with E-state index in [0.717, 1.165) is 90.7 Å². The number of hydrogen-bond donors (Lipinski definition) is 8. The summed E-state index contributed by atoms with van der Waals surface area (Å²) in [4.78, 5) is 8.60. The molecule has 10 bridgehead atoms. The molecule has 7 heterocycles. The Morgan fingerprint density at radius 1 is 0.910 bits per heavy atom. The first-order valence-corrected chi connectivity index (χ1v) is 33.9. The third-order valence-electron chi connectivity index (χ3n) is 22.0. The number of nitrogens with two attached hydrogens (primary N) is 2. The smallest absolute Gasteiger partial charge is 0.748 e. The quantitative estimate of drug-likeness (QED) is 0.0153. The molecular weight excluding hydrogens is 1140 g/mol. The zero-order chi connectivity index (χ0) is 60.5. The standard InChI is InChI=1S/C73H84N6O8S.Na/c1-43-14-15-49-36-56-22-25-58(49)62(43)39-65(88(83,84)85)63-38-52-34-51(37-57-33-45(42-80)10-5-11-48-35-55(81)21-24-60(48)70(52)86-57)67(63)46-16-19-53(20-17-46)73(87-56,79-71(74)75)41-54(32-44-8-3-2-4-9-44)72(82)29-6-12-50(40-72)59-23-18-47-28-31-77-69-64(27-26-61(59)68(47)69)78-66-13-7-30-76-66;/h2-4,7-9,13,16-25,30,35-36,38,43,45,50-51,54,57,62-65,67,69-70,76-78,80-82H,6,10,12,14-15,26-29,31-34,37,39-42H2,1H3,(H4,74,75,79)(H,83,84,85);/q;+1/p-1/t43-,45+,50-,51-,54+,57-,62+,63-,64-,65-,67+,69+,70-,72+,73-;/m1./s1. The summed E-state index contributed by atoms with van der Waals surface area (Å²) in [6, 6.07) is 39.0. The maximum atomic E-state index is 14.4. The fourth-order valence-corrected chi connectivity index (χ4v) is 18.9. The molecule has 89 heavy (non-hydrogen) atoms. The number of nitrogens with zero attached hydrogens (tertiary/aromatic N) is 1. The van der Waals surface area contributed by atoms with Gasteiger partial charge in [0.1, 0.15) is 23.4 Å². The van der Waals surface area contributed by atoms with Gasteiger partial charge < -0.3 is 56.4 Å². The first kappa shape index (κ1) is 61.9. The van der Waals surface area contributed by atoms with Gasteiger partial charge in [-0.1, -0.05) is 104 Å². The van der Waals surface area contributed by atoms with Crippen molar-refractivity contribution >= 4 is 21.9 Å². The van der Waals surface area contributed by atoms with Gasteiger partial charge in [-0.2, -0.15) is 0 Å². The molecule has 1 saturated heterocycles. The Balaban J connectivity index is 0.00000729. The fraction of sp³-hybridized carbons (Fsp3) is 0.466. The summed E-state index contributed by atoms with van der Waals surface area (Å²) < 4.78 is 58.1. The van der Waals surface area contributed by atoms with E-state index in [4.69, 9.17) is 25.9 Å². The number of aliphatic imine (C=N–C) groups is 1. The number of H-pyrrole nitrogens is 1. The van der Waals surface area contributed by atoms with E-state index in [-0.39, 0.29) is 108 Å². The van der Waals surface area contributed by atoms with Crippen LogP contribution >= 0.6 is 0 Å². The number of nitrogens with one attached hydrogen (secondary N) is 3. The van der Waals surface area contributed by atoms with Crippen molar-refractivity contribution in [3.8, 4) is 23.3 Å². The predicted octanol–water partition coefficient (Wildman–Crippen LogP) is 8.09. The molecule has 0 amide bonds. The van der Waals surface area contributed by atoms with Crippen LogP contribution in [0.5, 0.6) is 11.5 Å². The molecule has 1 saturated carbocycles. The summed E-state index contributed by atoms with van der Waals surface area (Å²) in [6.45, 7) is 3.01. The Kier molecular flexibility index (Phi) is 17.6. The van der Waals surface area contributed by atoms with Gasteiger partial charge in [0.05, 0.1) is 33.1 Å². The number of aliphatic hydroxyl groups is 2. The van der Waals surface area contributed by atoms with Gasteiger partial charge >= 0.3 is 29.6 Å². The van der Waals surface area contributed by atoms with E-state index in [2.05, 4.69) is 107 Å². The number of anilines is 1. The summed E-state index contributed by atoms with van der Waals surface area (Å²) in [5, 5.41) is 41.9. The molecule has 0 radical (unpaired) electrons. The van der Waals surface area contributed by atoms with Crippen molar-refractivity contribution < 1.29 is 67.3 Å². The molecule has 6 aliphatic heterocycles. The number of aromatic nitrogens is 1. The van der Waals surface area contributed by atoms with Crippen LogP contribution in [0.15, 0.2) is 138 Å². The average Bonchev–Trinajstić information content (AvgIpc) is 1.88. The largest absolute Gasteiger partial charge is 1.00 e. The Labute approximate surface area is 546 Å². The van der Waals surface area contributed by atoms with Crippen LogP contribution in [0.4, 0.5) is 5.82 Å². The maximum absolute atomic E-state index is 14.4. The normalized spacial score (nSPS) is 31.3. The van der Waals surface area contributed by atoms with Crippen LogP contribution < -0.4 is 56.4 Å². The van der Waals surface area contributed by atoms with Crippen molar-refractivity contribution in [3.05, 3.63) is 194 Å². The van der Waals surface area contributed by atoms with Crippen LogP contribution in [0.2, 0.25) is 0 Å². The minimum absolute atomic E-state index is 0. The summed E-state index contributed by atoms with van der Waals surface area (Å²) in [6.07, 6.45) is 13.3. The Morgan fingerprint density at radius 3 is 2.52 bits per heavy atom. The van der Waals surface area contributed by atoms with Gasteiger partial charge in [-0.15, -0.1) is 0 Å². The van der Waals surface area contributed by atoms with Gasteiger partial charge in [0.2, 0.25) is 5.72 Å². The minimum Gasteiger partial charge on any atom is -0.748 e. The van der Waals surface area contributed by atoms with Gasteiger partial charge in [-0.3, -0.25) is 0 Å². The average molecular weight is 1230 g/mol. The molecule has 10 N–H and O–H groups in total. The Hall–Kier alpha value is -5.90. The zero-order valence-electron chi connectivity index (χ0n) is 51.3. The van der Waals surface area contributed by atoms with E-state index in [9.17, 15) is 28.3 Å². The van der Waals surface area contributed by atoms with Crippen molar-refractivity contribution in [2.75, 3.05) is 18.5 Å². The van der Waals surface area contributed by atoms with Crippen LogP contribution in [-0.2, 0) is 46.3 Å². The first-order chi connectivity index (χ1) is 42.6. The number of hydrogen-bond acceptors (Lipinski definition) is 11. The van der Waals surface area contributed by atoms with E-state index >= 15 is 0 Å². The van der Waals surface area contributed by atoms with Gasteiger partial charge in [0.25, 0.3) is 0 Å². The monoisotopic (exact) mass is 1230 g/mol. The number of aromatic hydroxyl groups is 1. The number of benzene rings is 5. The molecule has 15 atom stereocenters. The SMILES string of the molecule is C[C@@H]1CCc2cc3ccc2[C@H]1C[C@@H](S(=O)(=O)[O-])[C@H]1C=C2C[C@H](C[C@H]4C[C@@H](CO)CC#Cc5cc(O)ccc5[C@@H]2O4)[C@@H]1c1ccc(cc1)[C@](C[C@H](Cc1ccccc1)[C@]1(O)CCC[C@@H](c2ccc4c5c2CC[C@@H](Nc2ccc[nH]2)[C@@H]5NCC4)C1)(N=C(N)N)O3.[Na+]. The minimum atomic E-state index is -4.96. The molecule has 16 rings (SSSR count). The Bertz CT molecular complexity index is 3810. The van der Waals surface area contributed by atoms with Gasteiger partial charge in [0, 0.05) is 48.4 Å². The number of ether oxygens (including phenoxy) is 2. The van der Waals surface area contributed by atoms with Crippen molar-refractivity contribution in [2.45, 2.75) is 168 Å². The van der Waals surface area contributed by atoms with Crippen molar-refractivity contribution in [1.29, 1.82) is 0 Å². The molecule has 10 aliphatic rings. The van der Waals surface area contributed by atoms with Gasteiger partial charge in [-0.25, -0.2) is 13.4 Å². The maximum Gasteiger partial charge on any atom is 1.00 e. The zero-order valence-corrected chi connectivity index (χ0v) is 54.1. The summed E-state index contributed by atoms with van der Waals surface area (Å²) >= 11 is 0. The number of aliphatic hydroxyl groups excluding tert-OH is 1. The summed E-state index contributed by atoms with van der Waals surface area (Å²) in [5.41, 5.74) is 23.1. The van der Waals surface area contributed by atoms with E-state index in [0.29, 0.717) is 61.8 Å². The van der Waals surface area contributed by atoms with Crippen molar-refractivity contribution in [1.82, 2.24) is 10.3 Å². The topological polar surface area (TPSA) is 241 Å². The third-order valence-corrected chi connectivity index (χ3v) is 23.2. The molecule has 0 unspecified atom stereocenters. The van der Waals surface area contributed by atoms with Crippen molar-refractivity contribution in [3.63, 3.8) is 0 Å².